The van der Waals surface area contributed by atoms with Gasteiger partial charge < -0.3 is 0 Å². The van der Waals surface area contributed by atoms with Crippen LogP contribution in [0.15, 0.2) is 23.1 Å². The van der Waals surface area contributed by atoms with Crippen molar-refractivity contribution in [3.8, 4) is 0 Å². The van der Waals surface area contributed by atoms with Crippen LogP contribution >= 0.6 is 0 Å². The van der Waals surface area contributed by atoms with E-state index in [1.54, 1.807) is 0 Å². The minimum atomic E-state index is -3.80. The average Bonchev–Trinajstić information content (AvgIpc) is 2.39. The molecule has 1 fully saturated rings. The number of hydrogen-bond donors (Lipinski definition) is 0. The highest BCUT2D eigenvalue weighted by molar-refractivity contribution is 7.89. The number of piperidine rings is 1. The summed E-state index contributed by atoms with van der Waals surface area (Å²) in [6, 6.07) is 2.66. The third-order valence-electron chi connectivity index (χ3n) is 3.49. The summed E-state index contributed by atoms with van der Waals surface area (Å²) >= 11 is 0. The van der Waals surface area contributed by atoms with E-state index in [4.69, 9.17) is 0 Å². The van der Waals surface area contributed by atoms with E-state index in [-0.39, 0.29) is 4.90 Å². The molecule has 1 aromatic carbocycles. The van der Waals surface area contributed by atoms with Gasteiger partial charge >= 0.3 is 5.69 Å². The van der Waals surface area contributed by atoms with Crippen molar-refractivity contribution in [1.82, 2.24) is 4.31 Å². The molecule has 0 N–H and O–H groups in total. The largest absolute Gasteiger partial charge is 0.306 e. The Morgan fingerprint density at radius 3 is 2.50 bits per heavy atom. The molecule has 1 saturated heterocycles. The van der Waals surface area contributed by atoms with Crippen LogP contribution in [-0.2, 0) is 10.0 Å². The second-order valence-corrected chi connectivity index (χ2v) is 6.89. The predicted octanol–water partition coefficient (Wildman–Crippen LogP) is 2.15. The Balaban J connectivity index is 2.35. The molecule has 1 aliphatic heterocycles. The molecule has 1 aromatic rings. The van der Waals surface area contributed by atoms with Gasteiger partial charge in [0.1, 0.15) is 0 Å². The first-order valence-electron chi connectivity index (χ1n) is 6.26. The van der Waals surface area contributed by atoms with Crippen LogP contribution < -0.4 is 0 Å². The lowest BCUT2D eigenvalue weighted by molar-refractivity contribution is -0.387. The highest BCUT2D eigenvalue weighted by Gasteiger charge is 2.30. The van der Waals surface area contributed by atoms with Gasteiger partial charge in [0.2, 0.25) is 15.8 Å². The molecule has 0 unspecified atom stereocenters. The lowest BCUT2D eigenvalue weighted by atomic mass is 10.0. The van der Waals surface area contributed by atoms with Crippen molar-refractivity contribution >= 4 is 15.7 Å². The SMILES string of the molecule is CC1CCN(S(=O)(=O)c2ccc(F)c([N+](=O)[O-])c2)CC1. The molecule has 1 heterocycles. The minimum Gasteiger partial charge on any atom is -0.258 e. The zero-order valence-electron chi connectivity index (χ0n) is 11.0. The van der Waals surface area contributed by atoms with Gasteiger partial charge in [-0.15, -0.1) is 0 Å². The number of benzene rings is 1. The summed E-state index contributed by atoms with van der Waals surface area (Å²) < 4.78 is 39.3. The molecule has 0 saturated carbocycles. The van der Waals surface area contributed by atoms with Crippen molar-refractivity contribution in [2.75, 3.05) is 13.1 Å². The van der Waals surface area contributed by atoms with Crippen LogP contribution in [0.3, 0.4) is 0 Å². The van der Waals surface area contributed by atoms with E-state index in [1.807, 2.05) is 6.92 Å². The molecule has 0 bridgehead atoms. The Kier molecular flexibility index (Phi) is 4.05. The Labute approximate surface area is 116 Å². The Bertz CT molecular complexity index is 624. The summed E-state index contributed by atoms with van der Waals surface area (Å²) in [5.74, 6) is -0.578. The van der Waals surface area contributed by atoms with Crippen molar-refractivity contribution in [1.29, 1.82) is 0 Å². The molecule has 0 spiro atoms. The molecule has 0 radical (unpaired) electrons. The van der Waals surface area contributed by atoms with Gasteiger partial charge in [-0.2, -0.15) is 8.70 Å². The monoisotopic (exact) mass is 302 g/mol. The molecule has 8 heteroatoms. The smallest absolute Gasteiger partial charge is 0.258 e. The van der Waals surface area contributed by atoms with E-state index in [9.17, 15) is 22.9 Å². The third kappa shape index (κ3) is 2.80. The fourth-order valence-electron chi connectivity index (χ4n) is 2.17. The van der Waals surface area contributed by atoms with E-state index >= 15 is 0 Å². The normalized spacial score (nSPS) is 18.1. The molecule has 0 atom stereocenters. The van der Waals surface area contributed by atoms with E-state index in [0.717, 1.165) is 31.0 Å². The first-order valence-corrected chi connectivity index (χ1v) is 7.70. The maximum Gasteiger partial charge on any atom is 0.306 e. The topological polar surface area (TPSA) is 80.5 Å². The maximum absolute atomic E-state index is 13.3. The number of nitro benzene ring substituents is 1. The first kappa shape index (κ1) is 14.9. The minimum absolute atomic E-state index is 0.236. The van der Waals surface area contributed by atoms with Gasteiger partial charge in [-0.25, -0.2) is 8.42 Å². The number of rotatable bonds is 3. The average molecular weight is 302 g/mol. The molecule has 0 aromatic heterocycles. The number of hydrogen-bond acceptors (Lipinski definition) is 4. The standard InChI is InChI=1S/C12H15FN2O4S/c1-9-4-6-14(7-5-9)20(18,19)10-2-3-11(13)12(8-10)15(16)17/h2-3,8-9H,4-7H2,1H3. The van der Waals surface area contributed by atoms with E-state index in [2.05, 4.69) is 0 Å². The fourth-order valence-corrected chi connectivity index (χ4v) is 3.66. The predicted molar refractivity (Wildman–Crippen MR) is 70.2 cm³/mol. The first-order chi connectivity index (χ1) is 9.32. The van der Waals surface area contributed by atoms with Gasteiger partial charge in [-0.1, -0.05) is 6.92 Å². The molecular weight excluding hydrogens is 287 g/mol. The number of sulfonamides is 1. The zero-order valence-corrected chi connectivity index (χ0v) is 11.8. The van der Waals surface area contributed by atoms with Crippen LogP contribution in [-0.4, -0.2) is 30.7 Å². The van der Waals surface area contributed by atoms with Crippen molar-refractivity contribution in [2.24, 2.45) is 5.92 Å². The number of halogens is 1. The molecule has 0 aliphatic carbocycles. The van der Waals surface area contributed by atoms with Gasteiger partial charge in [0.15, 0.2) is 0 Å². The van der Waals surface area contributed by atoms with Crippen LogP contribution in [0.4, 0.5) is 10.1 Å². The Morgan fingerprint density at radius 2 is 1.95 bits per heavy atom. The van der Waals surface area contributed by atoms with Crippen LogP contribution in [0.25, 0.3) is 0 Å². The lowest BCUT2D eigenvalue weighted by Crippen LogP contribution is -2.37. The molecule has 0 amide bonds. The maximum atomic E-state index is 13.3. The van der Waals surface area contributed by atoms with Crippen LogP contribution in [0, 0.1) is 21.8 Å². The molecular formula is C12H15FN2O4S. The zero-order chi connectivity index (χ0) is 14.9. The van der Waals surface area contributed by atoms with Gasteiger partial charge in [-0.3, -0.25) is 10.1 Å². The second kappa shape index (κ2) is 5.45. The highest BCUT2D eigenvalue weighted by Crippen LogP contribution is 2.27. The van der Waals surface area contributed by atoms with Crippen molar-refractivity contribution in [3.63, 3.8) is 0 Å². The van der Waals surface area contributed by atoms with Gasteiger partial charge in [0.25, 0.3) is 0 Å². The quantitative estimate of drug-likeness (QED) is 0.633. The van der Waals surface area contributed by atoms with Gasteiger partial charge in [0.05, 0.1) is 9.82 Å². The Morgan fingerprint density at radius 1 is 1.35 bits per heavy atom. The summed E-state index contributed by atoms with van der Waals surface area (Å²) in [6.07, 6.45) is 1.50. The van der Waals surface area contributed by atoms with E-state index in [1.165, 1.54) is 4.31 Å². The van der Waals surface area contributed by atoms with Crippen LogP contribution in [0.1, 0.15) is 19.8 Å². The van der Waals surface area contributed by atoms with Gasteiger partial charge in [-0.05, 0) is 30.9 Å². The molecule has 1 aliphatic rings. The molecule has 6 nitrogen and oxygen atoms in total. The molecule has 2 rings (SSSR count). The summed E-state index contributed by atoms with van der Waals surface area (Å²) in [5, 5.41) is 10.7. The highest BCUT2D eigenvalue weighted by atomic mass is 32.2. The van der Waals surface area contributed by atoms with Crippen molar-refractivity contribution in [3.05, 3.63) is 34.1 Å². The van der Waals surface area contributed by atoms with E-state index < -0.39 is 26.5 Å². The molecule has 110 valence electrons. The van der Waals surface area contributed by atoms with Gasteiger partial charge in [0, 0.05) is 19.2 Å². The van der Waals surface area contributed by atoms with E-state index in [0.29, 0.717) is 19.0 Å². The lowest BCUT2D eigenvalue weighted by Gasteiger charge is -2.29. The number of nitrogens with zero attached hydrogens (tertiary/aromatic N) is 2. The Hall–Kier alpha value is -1.54. The fraction of sp³-hybridized carbons (Fsp3) is 0.500. The second-order valence-electron chi connectivity index (χ2n) is 4.96. The van der Waals surface area contributed by atoms with Crippen molar-refractivity contribution in [2.45, 2.75) is 24.7 Å². The number of nitro groups is 1. The summed E-state index contributed by atoms with van der Waals surface area (Å²) in [6.45, 7) is 2.82. The molecule has 20 heavy (non-hydrogen) atoms. The summed E-state index contributed by atoms with van der Waals surface area (Å²) in [4.78, 5) is 9.52. The third-order valence-corrected chi connectivity index (χ3v) is 5.39. The summed E-state index contributed by atoms with van der Waals surface area (Å²) in [7, 11) is -3.80. The van der Waals surface area contributed by atoms with Crippen LogP contribution in [0.2, 0.25) is 0 Å². The van der Waals surface area contributed by atoms with Crippen LogP contribution in [0.5, 0.6) is 0 Å². The summed E-state index contributed by atoms with van der Waals surface area (Å²) in [5.41, 5.74) is -0.823. The van der Waals surface area contributed by atoms with Crippen molar-refractivity contribution < 1.29 is 17.7 Å².